The quantitative estimate of drug-likeness (QED) is 0.714. The molecule has 1 unspecified atom stereocenters. The maximum Gasteiger partial charge on any atom is 0.0712 e. The SMILES string of the molecule is CC1(C2=C3C=CC(Cl)=CC3NC=C2)CC1. The van der Waals surface area contributed by atoms with Crippen LogP contribution in [-0.2, 0) is 0 Å². The van der Waals surface area contributed by atoms with Crippen molar-refractivity contribution in [2.45, 2.75) is 25.8 Å². The van der Waals surface area contributed by atoms with E-state index in [1.807, 2.05) is 12.3 Å². The fourth-order valence-corrected chi connectivity index (χ4v) is 2.50. The minimum Gasteiger partial charge on any atom is -0.381 e. The predicted molar refractivity (Wildman–Crippen MR) is 63.5 cm³/mol. The smallest absolute Gasteiger partial charge is 0.0712 e. The highest BCUT2D eigenvalue weighted by Crippen LogP contribution is 2.54. The maximum atomic E-state index is 6.00. The first-order chi connectivity index (χ1) is 7.19. The summed E-state index contributed by atoms with van der Waals surface area (Å²) in [6.45, 7) is 2.34. The molecule has 0 amide bonds. The van der Waals surface area contributed by atoms with Gasteiger partial charge in [-0.1, -0.05) is 24.6 Å². The van der Waals surface area contributed by atoms with Crippen LogP contribution in [-0.4, -0.2) is 6.04 Å². The van der Waals surface area contributed by atoms with E-state index in [9.17, 15) is 0 Å². The van der Waals surface area contributed by atoms with Crippen LogP contribution in [0, 0.1) is 5.41 Å². The molecule has 0 radical (unpaired) electrons. The molecule has 15 heavy (non-hydrogen) atoms. The molecular weight excluding hydrogens is 206 g/mol. The van der Waals surface area contributed by atoms with Crippen LogP contribution in [0.25, 0.3) is 0 Å². The molecule has 1 atom stereocenters. The molecule has 1 N–H and O–H groups in total. The van der Waals surface area contributed by atoms with E-state index in [2.05, 4.69) is 30.5 Å². The molecule has 3 rings (SSSR count). The third kappa shape index (κ3) is 1.46. The van der Waals surface area contributed by atoms with Crippen LogP contribution in [0.3, 0.4) is 0 Å². The summed E-state index contributed by atoms with van der Waals surface area (Å²) in [5.74, 6) is 0. The lowest BCUT2D eigenvalue weighted by Gasteiger charge is -2.27. The maximum absolute atomic E-state index is 6.00. The van der Waals surface area contributed by atoms with Gasteiger partial charge in [0.05, 0.1) is 6.04 Å². The van der Waals surface area contributed by atoms with Gasteiger partial charge in [-0.15, -0.1) is 0 Å². The van der Waals surface area contributed by atoms with Gasteiger partial charge in [0.15, 0.2) is 0 Å². The summed E-state index contributed by atoms with van der Waals surface area (Å²) in [5, 5.41) is 4.16. The number of halogens is 1. The average molecular weight is 220 g/mol. The Balaban J connectivity index is 2.06. The second kappa shape index (κ2) is 3.02. The first-order valence-corrected chi connectivity index (χ1v) is 5.79. The lowest BCUT2D eigenvalue weighted by molar-refractivity contribution is 0.664. The van der Waals surface area contributed by atoms with Gasteiger partial charge in [-0.25, -0.2) is 0 Å². The Morgan fingerprint density at radius 1 is 1.33 bits per heavy atom. The van der Waals surface area contributed by atoms with E-state index in [-0.39, 0.29) is 6.04 Å². The average Bonchev–Trinajstić information content (AvgIpc) is 2.96. The molecule has 1 fully saturated rings. The summed E-state index contributed by atoms with van der Waals surface area (Å²) < 4.78 is 0. The van der Waals surface area contributed by atoms with E-state index >= 15 is 0 Å². The van der Waals surface area contributed by atoms with Crippen LogP contribution in [0.2, 0.25) is 0 Å². The molecule has 0 aromatic carbocycles. The van der Waals surface area contributed by atoms with Gasteiger partial charge in [0.2, 0.25) is 0 Å². The Morgan fingerprint density at radius 2 is 2.13 bits per heavy atom. The van der Waals surface area contributed by atoms with Crippen LogP contribution < -0.4 is 5.32 Å². The van der Waals surface area contributed by atoms with Crippen LogP contribution in [0.1, 0.15) is 19.8 Å². The number of dihydropyridines is 1. The second-order valence-corrected chi connectivity index (χ2v) is 5.23. The molecule has 0 aromatic heterocycles. The highest BCUT2D eigenvalue weighted by atomic mass is 35.5. The molecule has 1 saturated carbocycles. The Kier molecular flexibility index (Phi) is 1.87. The minimum absolute atomic E-state index is 0.278. The Bertz CT molecular complexity index is 422. The van der Waals surface area contributed by atoms with Gasteiger partial charge < -0.3 is 5.32 Å². The Hall–Kier alpha value is -0.950. The normalized spacial score (nSPS) is 30.8. The van der Waals surface area contributed by atoms with Crippen LogP contribution >= 0.6 is 11.6 Å². The van der Waals surface area contributed by atoms with E-state index in [1.54, 1.807) is 0 Å². The number of fused-ring (bicyclic) bond motifs is 1. The van der Waals surface area contributed by atoms with E-state index in [0.29, 0.717) is 5.41 Å². The Morgan fingerprint density at radius 3 is 2.87 bits per heavy atom. The standard InChI is InChI=1S/C13H14ClN/c1-13(5-6-13)11-4-7-15-12-8-9(14)2-3-10(11)12/h2-4,7-8,12,15H,5-6H2,1H3. The lowest BCUT2D eigenvalue weighted by atomic mass is 9.86. The van der Waals surface area contributed by atoms with Crippen molar-refractivity contribution in [3.05, 3.63) is 46.7 Å². The molecule has 2 aliphatic carbocycles. The molecule has 3 aliphatic rings. The third-order valence-electron chi connectivity index (χ3n) is 3.57. The van der Waals surface area contributed by atoms with Crippen molar-refractivity contribution in [1.82, 2.24) is 5.32 Å². The van der Waals surface area contributed by atoms with Crippen molar-refractivity contribution in [2.24, 2.45) is 5.41 Å². The first kappa shape index (κ1) is 9.29. The van der Waals surface area contributed by atoms with E-state index in [4.69, 9.17) is 11.6 Å². The van der Waals surface area contributed by atoms with Crippen molar-refractivity contribution in [3.8, 4) is 0 Å². The topological polar surface area (TPSA) is 12.0 Å². The molecule has 1 aliphatic heterocycles. The number of hydrogen-bond acceptors (Lipinski definition) is 1. The molecular formula is C13H14ClN. The molecule has 78 valence electrons. The van der Waals surface area contributed by atoms with Gasteiger partial charge in [-0.3, -0.25) is 0 Å². The summed E-state index contributed by atoms with van der Waals surface area (Å²) in [6.07, 6.45) is 13.1. The zero-order valence-corrected chi connectivity index (χ0v) is 9.51. The fourth-order valence-electron chi connectivity index (χ4n) is 2.31. The summed E-state index contributed by atoms with van der Waals surface area (Å²) in [6, 6.07) is 0.278. The number of hydrogen-bond donors (Lipinski definition) is 1. The third-order valence-corrected chi connectivity index (χ3v) is 3.82. The molecule has 1 nitrogen and oxygen atoms in total. The van der Waals surface area contributed by atoms with Gasteiger partial charge in [-0.05, 0) is 53.8 Å². The van der Waals surface area contributed by atoms with Crippen LogP contribution in [0.4, 0.5) is 0 Å². The highest BCUT2D eigenvalue weighted by Gasteiger charge is 2.42. The van der Waals surface area contributed by atoms with Crippen LogP contribution in [0.15, 0.2) is 46.7 Å². The van der Waals surface area contributed by atoms with Gasteiger partial charge in [0, 0.05) is 5.03 Å². The summed E-state index contributed by atoms with van der Waals surface area (Å²) in [4.78, 5) is 0. The fraction of sp³-hybridized carbons (Fsp3) is 0.385. The molecule has 0 saturated heterocycles. The summed E-state index contributed by atoms with van der Waals surface area (Å²) in [7, 11) is 0. The van der Waals surface area contributed by atoms with Crippen molar-refractivity contribution in [3.63, 3.8) is 0 Å². The van der Waals surface area contributed by atoms with Crippen molar-refractivity contribution in [1.29, 1.82) is 0 Å². The molecule has 0 bridgehead atoms. The minimum atomic E-state index is 0.278. The van der Waals surface area contributed by atoms with Crippen molar-refractivity contribution < 1.29 is 0 Å². The number of allylic oxidation sites excluding steroid dienone is 4. The predicted octanol–water partition coefficient (Wildman–Crippen LogP) is 3.26. The summed E-state index contributed by atoms with van der Waals surface area (Å²) in [5.41, 5.74) is 3.30. The molecule has 2 heteroatoms. The van der Waals surface area contributed by atoms with E-state index < -0.39 is 0 Å². The second-order valence-electron chi connectivity index (χ2n) is 4.79. The van der Waals surface area contributed by atoms with E-state index in [0.717, 1.165) is 5.03 Å². The van der Waals surface area contributed by atoms with Gasteiger partial charge in [0.1, 0.15) is 0 Å². The molecule has 0 aromatic rings. The number of nitrogens with one attached hydrogen (secondary N) is 1. The largest absolute Gasteiger partial charge is 0.381 e. The zero-order chi connectivity index (χ0) is 10.5. The van der Waals surface area contributed by atoms with Crippen LogP contribution in [0.5, 0.6) is 0 Å². The molecule has 0 spiro atoms. The monoisotopic (exact) mass is 219 g/mol. The van der Waals surface area contributed by atoms with Gasteiger partial charge in [0.25, 0.3) is 0 Å². The first-order valence-electron chi connectivity index (χ1n) is 5.42. The van der Waals surface area contributed by atoms with Gasteiger partial charge >= 0.3 is 0 Å². The van der Waals surface area contributed by atoms with Crippen molar-refractivity contribution >= 4 is 11.6 Å². The summed E-state index contributed by atoms with van der Waals surface area (Å²) >= 11 is 6.00. The van der Waals surface area contributed by atoms with Crippen molar-refractivity contribution in [2.75, 3.05) is 0 Å². The lowest BCUT2D eigenvalue weighted by Crippen LogP contribution is -2.30. The Labute approximate surface area is 95.2 Å². The van der Waals surface area contributed by atoms with E-state index in [1.165, 1.54) is 24.0 Å². The number of rotatable bonds is 1. The molecule has 1 heterocycles. The van der Waals surface area contributed by atoms with Gasteiger partial charge in [-0.2, -0.15) is 0 Å². The highest BCUT2D eigenvalue weighted by molar-refractivity contribution is 6.31. The zero-order valence-electron chi connectivity index (χ0n) is 8.76.